The Morgan fingerprint density at radius 2 is 2.45 bits per heavy atom. The molecule has 3 N–H and O–H groups in total. The number of carbonyl (C=O) groups is 1. The molecule has 0 bridgehead atoms. The second kappa shape index (κ2) is 5.03. The van der Waals surface area contributed by atoms with Crippen LogP contribution in [0.4, 0.5) is 5.69 Å². The summed E-state index contributed by atoms with van der Waals surface area (Å²) in [5.74, 6) is 1.90. The summed E-state index contributed by atoms with van der Waals surface area (Å²) in [4.78, 5) is 14.1. The van der Waals surface area contributed by atoms with Gasteiger partial charge in [-0.25, -0.2) is 0 Å². The third kappa shape index (κ3) is 2.41. The molecule has 106 valence electrons. The van der Waals surface area contributed by atoms with Crippen LogP contribution in [-0.2, 0) is 11.2 Å². The summed E-state index contributed by atoms with van der Waals surface area (Å²) in [6, 6.07) is 3.73. The number of nitrogens with zero attached hydrogens (tertiary/aromatic N) is 2. The van der Waals surface area contributed by atoms with Crippen molar-refractivity contribution < 1.29 is 9.21 Å². The number of likely N-dealkylation sites (tertiary alicyclic amines) is 1. The summed E-state index contributed by atoms with van der Waals surface area (Å²) in [5.41, 5.74) is 7.47. The van der Waals surface area contributed by atoms with E-state index in [1.165, 1.54) is 0 Å². The van der Waals surface area contributed by atoms with Crippen molar-refractivity contribution in [3.63, 3.8) is 0 Å². The molecule has 1 fully saturated rings. The highest BCUT2D eigenvalue weighted by Gasteiger charge is 2.29. The Hall–Kier alpha value is -2.24. The normalized spacial score (nSPS) is 18.6. The van der Waals surface area contributed by atoms with Gasteiger partial charge in [-0.15, -0.1) is 0 Å². The lowest BCUT2D eigenvalue weighted by Crippen LogP contribution is -2.29. The van der Waals surface area contributed by atoms with E-state index in [1.807, 2.05) is 24.0 Å². The molecule has 1 atom stereocenters. The maximum atomic E-state index is 12.2. The number of H-pyrrole nitrogens is 1. The number of carbonyl (C=O) groups excluding carboxylic acids is 1. The fourth-order valence-electron chi connectivity index (χ4n) is 2.70. The Morgan fingerprint density at radius 3 is 3.10 bits per heavy atom. The molecular weight excluding hydrogens is 256 g/mol. The summed E-state index contributed by atoms with van der Waals surface area (Å²) >= 11 is 0. The van der Waals surface area contributed by atoms with Crippen LogP contribution in [0.15, 0.2) is 22.7 Å². The van der Waals surface area contributed by atoms with Crippen molar-refractivity contribution in [2.24, 2.45) is 0 Å². The van der Waals surface area contributed by atoms with E-state index in [1.54, 1.807) is 6.20 Å². The molecule has 1 unspecified atom stereocenters. The fourth-order valence-corrected chi connectivity index (χ4v) is 2.70. The number of rotatable bonds is 3. The number of hydrogen-bond donors (Lipinski definition) is 2. The summed E-state index contributed by atoms with van der Waals surface area (Å²) < 4.78 is 5.45. The molecule has 0 aromatic carbocycles. The topological polar surface area (TPSA) is 88.2 Å². The molecule has 0 aliphatic carbocycles. The number of furan rings is 1. The minimum atomic E-state index is 0.0972. The highest BCUT2D eigenvalue weighted by molar-refractivity contribution is 5.78. The fraction of sp³-hybridized carbons (Fsp3) is 0.429. The molecule has 1 aliphatic heterocycles. The van der Waals surface area contributed by atoms with Crippen molar-refractivity contribution in [3.05, 3.63) is 35.5 Å². The number of anilines is 1. The molecular formula is C14H18N4O2. The average Bonchev–Trinajstić information content (AvgIpc) is 3.10. The van der Waals surface area contributed by atoms with Crippen molar-refractivity contribution in [2.75, 3.05) is 18.8 Å². The van der Waals surface area contributed by atoms with Gasteiger partial charge in [-0.1, -0.05) is 0 Å². The zero-order valence-corrected chi connectivity index (χ0v) is 11.4. The highest BCUT2D eigenvalue weighted by Crippen LogP contribution is 2.29. The van der Waals surface area contributed by atoms with Crippen LogP contribution in [0.2, 0.25) is 0 Å². The van der Waals surface area contributed by atoms with Crippen molar-refractivity contribution in [1.82, 2.24) is 15.1 Å². The van der Waals surface area contributed by atoms with Gasteiger partial charge in [0.1, 0.15) is 11.5 Å². The van der Waals surface area contributed by atoms with Gasteiger partial charge in [0.2, 0.25) is 5.91 Å². The molecule has 3 rings (SSSR count). The van der Waals surface area contributed by atoms with Crippen LogP contribution in [0, 0.1) is 6.92 Å². The molecule has 6 nitrogen and oxygen atoms in total. The number of nitrogens with one attached hydrogen (secondary N) is 1. The Balaban J connectivity index is 1.62. The standard InChI is InChI=1S/C14H18N4O2/c1-9-2-3-11(20-9)6-13(19)18-5-4-10(8-18)14-12(15)7-16-17-14/h2-3,7,10H,4-6,8,15H2,1H3,(H,16,17). The smallest absolute Gasteiger partial charge is 0.230 e. The summed E-state index contributed by atoms with van der Waals surface area (Å²) in [5, 5.41) is 6.87. The molecule has 20 heavy (non-hydrogen) atoms. The highest BCUT2D eigenvalue weighted by atomic mass is 16.3. The number of aromatic amines is 1. The van der Waals surface area contributed by atoms with Crippen LogP contribution in [-0.4, -0.2) is 34.1 Å². The third-order valence-corrected chi connectivity index (χ3v) is 3.77. The van der Waals surface area contributed by atoms with Gasteiger partial charge in [0.05, 0.1) is 24.0 Å². The van der Waals surface area contributed by atoms with Gasteiger partial charge in [0.25, 0.3) is 0 Å². The molecule has 1 aliphatic rings. The number of hydrogen-bond acceptors (Lipinski definition) is 4. The second-order valence-corrected chi connectivity index (χ2v) is 5.25. The summed E-state index contributed by atoms with van der Waals surface area (Å²) in [6.45, 7) is 3.31. The lowest BCUT2D eigenvalue weighted by Gasteiger charge is -2.15. The summed E-state index contributed by atoms with van der Waals surface area (Å²) in [6.07, 6.45) is 2.85. The minimum Gasteiger partial charge on any atom is -0.466 e. The number of nitrogens with two attached hydrogens (primary N) is 1. The van der Waals surface area contributed by atoms with E-state index < -0.39 is 0 Å². The minimum absolute atomic E-state index is 0.0972. The van der Waals surface area contributed by atoms with Crippen molar-refractivity contribution >= 4 is 11.6 Å². The Kier molecular flexibility index (Phi) is 3.22. The third-order valence-electron chi connectivity index (χ3n) is 3.77. The van der Waals surface area contributed by atoms with Gasteiger partial charge in [0, 0.05) is 19.0 Å². The molecule has 0 spiro atoms. The van der Waals surface area contributed by atoms with Gasteiger partial charge in [-0.05, 0) is 25.5 Å². The predicted molar refractivity (Wildman–Crippen MR) is 74.1 cm³/mol. The van der Waals surface area contributed by atoms with Gasteiger partial charge in [-0.3, -0.25) is 9.89 Å². The number of aryl methyl sites for hydroxylation is 1. The van der Waals surface area contributed by atoms with Crippen LogP contribution in [0.3, 0.4) is 0 Å². The maximum absolute atomic E-state index is 12.2. The predicted octanol–water partition coefficient (Wildman–Crippen LogP) is 1.45. The molecule has 0 saturated carbocycles. The van der Waals surface area contributed by atoms with Crippen LogP contribution >= 0.6 is 0 Å². The van der Waals surface area contributed by atoms with E-state index in [2.05, 4.69) is 10.2 Å². The molecule has 0 radical (unpaired) electrons. The molecule has 2 aromatic rings. The first kappa shape index (κ1) is 12.8. The van der Waals surface area contributed by atoms with Gasteiger partial charge < -0.3 is 15.1 Å². The molecule has 3 heterocycles. The van der Waals surface area contributed by atoms with E-state index in [-0.39, 0.29) is 11.8 Å². The van der Waals surface area contributed by atoms with Gasteiger partial charge >= 0.3 is 0 Å². The van der Waals surface area contributed by atoms with Gasteiger partial charge in [0.15, 0.2) is 0 Å². The summed E-state index contributed by atoms with van der Waals surface area (Å²) in [7, 11) is 0. The lowest BCUT2D eigenvalue weighted by molar-refractivity contribution is -0.129. The zero-order chi connectivity index (χ0) is 14.1. The van der Waals surface area contributed by atoms with Crippen molar-refractivity contribution in [2.45, 2.75) is 25.7 Å². The van der Waals surface area contributed by atoms with Crippen molar-refractivity contribution in [3.8, 4) is 0 Å². The molecule has 1 amide bonds. The van der Waals surface area contributed by atoms with Gasteiger partial charge in [-0.2, -0.15) is 5.10 Å². The van der Waals surface area contributed by atoms with E-state index in [0.29, 0.717) is 18.7 Å². The SMILES string of the molecule is Cc1ccc(CC(=O)N2CCC(c3[nH]ncc3N)C2)o1. The van der Waals surface area contributed by atoms with E-state index in [4.69, 9.17) is 10.2 Å². The molecule has 1 saturated heterocycles. The van der Waals surface area contributed by atoms with Crippen LogP contribution in [0.1, 0.15) is 29.6 Å². The Labute approximate surface area is 116 Å². The van der Waals surface area contributed by atoms with E-state index >= 15 is 0 Å². The zero-order valence-electron chi connectivity index (χ0n) is 11.4. The van der Waals surface area contributed by atoms with Crippen LogP contribution in [0.5, 0.6) is 0 Å². The first-order valence-electron chi connectivity index (χ1n) is 6.75. The first-order chi connectivity index (χ1) is 9.63. The van der Waals surface area contributed by atoms with Crippen LogP contribution < -0.4 is 5.73 Å². The quantitative estimate of drug-likeness (QED) is 0.886. The van der Waals surface area contributed by atoms with Crippen LogP contribution in [0.25, 0.3) is 0 Å². The molecule has 6 heteroatoms. The monoisotopic (exact) mass is 274 g/mol. The average molecular weight is 274 g/mol. The largest absolute Gasteiger partial charge is 0.466 e. The maximum Gasteiger partial charge on any atom is 0.230 e. The molecule has 2 aromatic heterocycles. The van der Waals surface area contributed by atoms with Crippen molar-refractivity contribution in [1.29, 1.82) is 0 Å². The number of amides is 1. The first-order valence-corrected chi connectivity index (χ1v) is 6.75. The second-order valence-electron chi connectivity index (χ2n) is 5.25. The Bertz CT molecular complexity index is 616. The number of nitrogen functional groups attached to an aromatic ring is 1. The van der Waals surface area contributed by atoms with E-state index in [9.17, 15) is 4.79 Å². The lowest BCUT2D eigenvalue weighted by atomic mass is 10.0. The Morgan fingerprint density at radius 1 is 1.60 bits per heavy atom. The number of aromatic nitrogens is 2. The van der Waals surface area contributed by atoms with E-state index in [0.717, 1.165) is 30.2 Å².